The third-order valence-corrected chi connectivity index (χ3v) is 7.23. The summed E-state index contributed by atoms with van der Waals surface area (Å²) < 4.78 is 5.85. The Kier molecular flexibility index (Phi) is 4.49. The molecular weight excluding hydrogens is 324 g/mol. The van der Waals surface area contributed by atoms with Gasteiger partial charge in [0.15, 0.2) is 0 Å². The Bertz CT molecular complexity index is 619. The number of nitrogens with zero attached hydrogens (tertiary/aromatic N) is 1. The van der Waals surface area contributed by atoms with E-state index in [1.807, 2.05) is 6.07 Å². The van der Waals surface area contributed by atoms with Crippen LogP contribution in [0.15, 0.2) is 30.3 Å². The maximum Gasteiger partial charge on any atom is 0.250 e. The fraction of sp³-hybridized carbons (Fsp3) is 0.682. The van der Waals surface area contributed by atoms with E-state index in [0.29, 0.717) is 19.2 Å². The van der Waals surface area contributed by atoms with Crippen LogP contribution in [0.5, 0.6) is 0 Å². The predicted octanol–water partition coefficient (Wildman–Crippen LogP) is 2.83. The largest absolute Gasteiger partial charge is 0.366 e. The van der Waals surface area contributed by atoms with E-state index in [9.17, 15) is 4.79 Å². The summed E-state index contributed by atoms with van der Waals surface area (Å²) in [6.07, 6.45) is 6.48. The van der Waals surface area contributed by atoms with Crippen molar-refractivity contribution >= 4 is 5.91 Å². The number of hydrogen-bond acceptors (Lipinski definition) is 3. The van der Waals surface area contributed by atoms with Gasteiger partial charge in [-0.2, -0.15) is 0 Å². The lowest BCUT2D eigenvalue weighted by molar-refractivity contribution is -0.142. The van der Waals surface area contributed by atoms with Crippen molar-refractivity contribution in [2.24, 2.45) is 23.7 Å². The lowest BCUT2D eigenvalue weighted by atomic mass is 9.54. The van der Waals surface area contributed by atoms with E-state index >= 15 is 0 Å². The summed E-state index contributed by atoms with van der Waals surface area (Å²) in [6, 6.07) is 10.9. The van der Waals surface area contributed by atoms with Crippen LogP contribution in [0.1, 0.15) is 37.7 Å². The first-order chi connectivity index (χ1) is 12.7. The molecule has 0 aromatic heterocycles. The number of hydrogen-bond donors (Lipinski definition) is 1. The zero-order chi connectivity index (χ0) is 17.5. The second-order valence-electron chi connectivity index (χ2n) is 9.05. The first-order valence-corrected chi connectivity index (χ1v) is 10.4. The molecule has 5 aliphatic rings. The van der Waals surface area contributed by atoms with Crippen molar-refractivity contribution in [1.29, 1.82) is 0 Å². The molecule has 26 heavy (non-hydrogen) atoms. The summed E-state index contributed by atoms with van der Waals surface area (Å²) >= 11 is 0. The highest BCUT2D eigenvalue weighted by atomic mass is 16.5. The molecule has 4 aliphatic carbocycles. The van der Waals surface area contributed by atoms with Gasteiger partial charge in [-0.3, -0.25) is 9.69 Å². The van der Waals surface area contributed by atoms with Crippen molar-refractivity contribution in [3.8, 4) is 0 Å². The maximum absolute atomic E-state index is 12.9. The molecule has 4 heteroatoms. The van der Waals surface area contributed by atoms with Crippen molar-refractivity contribution in [3.05, 3.63) is 35.9 Å². The monoisotopic (exact) mass is 354 g/mol. The Hall–Kier alpha value is -1.39. The number of morpholine rings is 1. The molecule has 1 unspecified atom stereocenters. The highest BCUT2D eigenvalue weighted by molar-refractivity contribution is 5.81. The van der Waals surface area contributed by atoms with E-state index in [4.69, 9.17) is 4.74 Å². The van der Waals surface area contributed by atoms with Crippen LogP contribution in [0.3, 0.4) is 0 Å². The van der Waals surface area contributed by atoms with Gasteiger partial charge in [0.1, 0.15) is 6.10 Å². The Balaban J connectivity index is 1.19. The molecule has 1 aliphatic heterocycles. The highest BCUT2D eigenvalue weighted by Crippen LogP contribution is 2.53. The van der Waals surface area contributed by atoms with E-state index in [1.165, 1.54) is 37.7 Å². The van der Waals surface area contributed by atoms with Gasteiger partial charge in [-0.1, -0.05) is 30.3 Å². The molecule has 1 aromatic rings. The van der Waals surface area contributed by atoms with Gasteiger partial charge >= 0.3 is 0 Å². The number of carbonyl (C=O) groups excluding carboxylic acids is 1. The summed E-state index contributed by atoms with van der Waals surface area (Å²) in [4.78, 5) is 15.3. The minimum Gasteiger partial charge on any atom is -0.366 e. The molecule has 4 bridgehead atoms. The smallest absolute Gasteiger partial charge is 0.250 e. The van der Waals surface area contributed by atoms with Crippen LogP contribution in [-0.4, -0.2) is 42.6 Å². The van der Waals surface area contributed by atoms with Crippen molar-refractivity contribution in [2.75, 3.05) is 19.7 Å². The molecule has 1 saturated heterocycles. The zero-order valence-electron chi connectivity index (χ0n) is 15.5. The minimum absolute atomic E-state index is 0.125. The van der Waals surface area contributed by atoms with Crippen molar-refractivity contribution in [3.63, 3.8) is 0 Å². The number of rotatable bonds is 4. The SMILES string of the molecule is O=C(NC1C2CC3CC(C2)CC1C3)C1CN(Cc2ccccc2)CCO1. The van der Waals surface area contributed by atoms with Crippen LogP contribution in [0.25, 0.3) is 0 Å². The molecule has 0 radical (unpaired) electrons. The predicted molar refractivity (Wildman–Crippen MR) is 100 cm³/mol. The lowest BCUT2D eigenvalue weighted by Gasteiger charge is -2.54. The molecule has 6 rings (SSSR count). The Morgan fingerprint density at radius 1 is 1.04 bits per heavy atom. The second kappa shape index (κ2) is 6.97. The van der Waals surface area contributed by atoms with E-state index in [0.717, 1.165) is 36.8 Å². The summed E-state index contributed by atoms with van der Waals surface area (Å²) in [6.45, 7) is 3.14. The quantitative estimate of drug-likeness (QED) is 0.904. The molecular formula is C22H30N2O2. The third kappa shape index (κ3) is 3.29. The van der Waals surface area contributed by atoms with Crippen molar-refractivity contribution in [1.82, 2.24) is 10.2 Å². The van der Waals surface area contributed by atoms with E-state index < -0.39 is 0 Å². The number of amides is 1. The van der Waals surface area contributed by atoms with Gasteiger partial charge in [-0.05, 0) is 61.3 Å². The topological polar surface area (TPSA) is 41.6 Å². The molecule has 5 fully saturated rings. The van der Waals surface area contributed by atoms with Crippen LogP contribution in [0.4, 0.5) is 0 Å². The molecule has 140 valence electrons. The summed E-state index contributed by atoms with van der Waals surface area (Å²) in [5, 5.41) is 3.43. The number of ether oxygens (including phenoxy) is 1. The number of nitrogens with one attached hydrogen (secondary N) is 1. The van der Waals surface area contributed by atoms with Crippen LogP contribution >= 0.6 is 0 Å². The fourth-order valence-electron chi connectivity index (χ4n) is 6.26. The lowest BCUT2D eigenvalue weighted by Crippen LogP contribution is -2.59. The first-order valence-electron chi connectivity index (χ1n) is 10.4. The average molecular weight is 354 g/mol. The normalized spacial score (nSPS) is 39.1. The number of carbonyl (C=O) groups is 1. The highest BCUT2D eigenvalue weighted by Gasteiger charge is 2.49. The summed E-state index contributed by atoms with van der Waals surface area (Å²) in [7, 11) is 0. The average Bonchev–Trinajstić information content (AvgIpc) is 2.65. The van der Waals surface area contributed by atoms with Crippen LogP contribution < -0.4 is 5.32 Å². The molecule has 1 aromatic carbocycles. The van der Waals surface area contributed by atoms with Gasteiger partial charge in [-0.25, -0.2) is 0 Å². The van der Waals surface area contributed by atoms with Crippen LogP contribution in [0.2, 0.25) is 0 Å². The molecule has 1 N–H and O–H groups in total. The van der Waals surface area contributed by atoms with Crippen LogP contribution in [0, 0.1) is 23.7 Å². The van der Waals surface area contributed by atoms with Gasteiger partial charge in [-0.15, -0.1) is 0 Å². The van der Waals surface area contributed by atoms with Gasteiger partial charge in [0.25, 0.3) is 5.91 Å². The Morgan fingerprint density at radius 2 is 1.73 bits per heavy atom. The van der Waals surface area contributed by atoms with Crippen molar-refractivity contribution < 1.29 is 9.53 Å². The Morgan fingerprint density at radius 3 is 2.42 bits per heavy atom. The zero-order valence-corrected chi connectivity index (χ0v) is 15.5. The molecule has 4 saturated carbocycles. The van der Waals surface area contributed by atoms with Crippen molar-refractivity contribution in [2.45, 2.75) is 50.8 Å². The molecule has 4 nitrogen and oxygen atoms in total. The van der Waals surface area contributed by atoms with E-state index in [-0.39, 0.29) is 12.0 Å². The summed E-state index contributed by atoms with van der Waals surface area (Å²) in [5.41, 5.74) is 1.30. The Labute approximate surface area is 156 Å². The molecule has 1 atom stereocenters. The van der Waals surface area contributed by atoms with Crippen LogP contribution in [-0.2, 0) is 16.1 Å². The fourth-order valence-corrected chi connectivity index (χ4v) is 6.26. The van der Waals surface area contributed by atoms with Gasteiger partial charge in [0.2, 0.25) is 0 Å². The first kappa shape index (κ1) is 16.8. The van der Waals surface area contributed by atoms with E-state index in [2.05, 4.69) is 34.5 Å². The van der Waals surface area contributed by atoms with E-state index in [1.54, 1.807) is 0 Å². The molecule has 1 amide bonds. The molecule has 1 heterocycles. The second-order valence-corrected chi connectivity index (χ2v) is 9.05. The number of benzene rings is 1. The standard InChI is InChI=1S/C22H30N2O2/c25-22(23-21-18-9-16-8-17(11-18)12-19(21)10-16)20-14-24(6-7-26-20)13-15-4-2-1-3-5-15/h1-5,16-21H,6-14H2,(H,23,25). The molecule has 0 spiro atoms. The van der Waals surface area contributed by atoms with Gasteiger partial charge < -0.3 is 10.1 Å². The minimum atomic E-state index is -0.315. The van der Waals surface area contributed by atoms with Gasteiger partial charge in [0, 0.05) is 25.7 Å². The third-order valence-electron chi connectivity index (χ3n) is 7.23. The summed E-state index contributed by atoms with van der Waals surface area (Å²) in [5.74, 6) is 3.45. The maximum atomic E-state index is 12.9. The van der Waals surface area contributed by atoms with Gasteiger partial charge in [0.05, 0.1) is 6.61 Å².